The minimum atomic E-state index is -0.0694. The van der Waals surface area contributed by atoms with Crippen molar-refractivity contribution in [1.82, 2.24) is 10.2 Å². The highest BCUT2D eigenvalue weighted by Crippen LogP contribution is 2.29. The molecule has 7 nitrogen and oxygen atoms in total. The molecule has 3 aromatic carbocycles. The van der Waals surface area contributed by atoms with Crippen LogP contribution in [-0.2, 0) is 11.2 Å². The SMILES string of the molecule is C=C/C(Cc1ccc(-c2ccccc2C(C)NC=O)cc1)=C(/CCCC)N=C(C)N(C)CN(N=C)c1ccccc1C.CC.CN. The molecule has 0 spiro atoms. The number of hydrazone groups is 1. The number of hydrogen-bond acceptors (Lipinski definition) is 5. The third-order valence-electron chi connectivity index (χ3n) is 7.55. The Kier molecular flexibility index (Phi) is 19.0. The van der Waals surface area contributed by atoms with E-state index < -0.39 is 0 Å². The maximum Gasteiger partial charge on any atom is 0.207 e. The topological polar surface area (TPSA) is 86.3 Å². The van der Waals surface area contributed by atoms with E-state index in [4.69, 9.17) is 4.99 Å². The number of benzene rings is 3. The summed E-state index contributed by atoms with van der Waals surface area (Å²) in [5, 5.41) is 9.04. The predicted molar refractivity (Wildman–Crippen MR) is 200 cm³/mol. The highest BCUT2D eigenvalue weighted by atomic mass is 16.1. The standard InChI is InChI=1S/C36H45N5O.C2H6.CH5N/c1-8-10-18-35(39-29(5)40(7)26-41(37-6)36-19-14-11-15-27(36)3)31(9-2)24-30-20-22-32(23-21-30)34-17-13-12-16-33(34)28(4)38-25-42;2*1-2/h9,11-17,19-23,25,28H,2,6,8,10,18,24,26H2,1,3-5,7H3,(H,38,42);1-2H3;2H2,1H3/b35-31+,39-29?;;. The average Bonchev–Trinajstić information content (AvgIpc) is 3.10. The van der Waals surface area contributed by atoms with Crippen molar-refractivity contribution >= 4 is 24.7 Å². The number of amides is 1. The highest BCUT2D eigenvalue weighted by Gasteiger charge is 2.14. The van der Waals surface area contributed by atoms with Crippen LogP contribution in [0.1, 0.15) is 76.6 Å². The van der Waals surface area contributed by atoms with E-state index in [9.17, 15) is 4.79 Å². The van der Waals surface area contributed by atoms with E-state index in [2.05, 4.69) is 96.7 Å². The van der Waals surface area contributed by atoms with Crippen LogP contribution in [0, 0.1) is 6.92 Å². The monoisotopic (exact) mass is 624 g/mol. The van der Waals surface area contributed by atoms with Crippen LogP contribution in [0.15, 0.2) is 107 Å². The molecular weight excluding hydrogens is 568 g/mol. The lowest BCUT2D eigenvalue weighted by molar-refractivity contribution is -0.110. The Morgan fingerprint density at radius 2 is 1.65 bits per heavy atom. The third kappa shape index (κ3) is 11.8. The number of rotatable bonds is 15. The zero-order valence-electron chi connectivity index (χ0n) is 29.4. The summed E-state index contributed by atoms with van der Waals surface area (Å²) in [6.07, 6.45) is 6.48. The Morgan fingerprint density at radius 3 is 2.24 bits per heavy atom. The van der Waals surface area contributed by atoms with E-state index in [0.29, 0.717) is 6.67 Å². The first kappa shape index (κ1) is 39.5. The van der Waals surface area contributed by atoms with E-state index in [1.54, 1.807) is 0 Å². The van der Waals surface area contributed by atoms with Gasteiger partial charge in [-0.05, 0) is 86.5 Å². The first-order chi connectivity index (χ1) is 22.3. The van der Waals surface area contributed by atoms with Crippen molar-refractivity contribution in [3.05, 3.63) is 113 Å². The largest absolute Gasteiger partial charge is 0.352 e. The number of anilines is 1. The second-order valence-corrected chi connectivity index (χ2v) is 10.6. The van der Waals surface area contributed by atoms with Gasteiger partial charge in [-0.15, -0.1) is 0 Å². The molecule has 1 amide bonds. The molecule has 0 aliphatic heterocycles. The van der Waals surface area contributed by atoms with Gasteiger partial charge < -0.3 is 16.0 Å². The van der Waals surface area contributed by atoms with Gasteiger partial charge in [-0.1, -0.05) is 107 Å². The van der Waals surface area contributed by atoms with Gasteiger partial charge in [0.25, 0.3) is 0 Å². The number of unbranched alkanes of at least 4 members (excludes halogenated alkanes) is 1. The summed E-state index contributed by atoms with van der Waals surface area (Å²) in [4.78, 5) is 18.2. The lowest BCUT2D eigenvalue weighted by atomic mass is 9.94. The molecule has 1 atom stereocenters. The van der Waals surface area contributed by atoms with Crippen LogP contribution in [0.5, 0.6) is 0 Å². The smallest absolute Gasteiger partial charge is 0.207 e. The van der Waals surface area contributed by atoms with Crippen LogP contribution in [0.3, 0.4) is 0 Å². The number of hydrogen-bond donors (Lipinski definition) is 2. The molecule has 0 aromatic heterocycles. The number of aliphatic imine (C=N–C) groups is 1. The van der Waals surface area contributed by atoms with Crippen LogP contribution in [0.4, 0.5) is 5.69 Å². The third-order valence-corrected chi connectivity index (χ3v) is 7.55. The van der Waals surface area contributed by atoms with Crippen LogP contribution < -0.4 is 16.1 Å². The number of carbonyl (C=O) groups is 1. The summed E-state index contributed by atoms with van der Waals surface area (Å²) in [5.41, 5.74) is 13.4. The Bertz CT molecular complexity index is 1410. The number of nitrogens with one attached hydrogen (secondary N) is 1. The van der Waals surface area contributed by atoms with Gasteiger partial charge in [0, 0.05) is 19.5 Å². The molecule has 0 saturated heterocycles. The number of nitrogens with two attached hydrogens (primary N) is 1. The van der Waals surface area contributed by atoms with Gasteiger partial charge in [0.2, 0.25) is 6.41 Å². The molecule has 0 aliphatic rings. The molecule has 0 radical (unpaired) electrons. The van der Waals surface area contributed by atoms with Gasteiger partial charge in [0.1, 0.15) is 12.5 Å². The van der Waals surface area contributed by atoms with E-state index >= 15 is 0 Å². The number of carbonyl (C=O) groups excluding carboxylic acids is 1. The molecule has 0 fully saturated rings. The molecule has 1 unspecified atom stereocenters. The fourth-order valence-corrected chi connectivity index (χ4v) is 4.91. The summed E-state index contributed by atoms with van der Waals surface area (Å²) in [6, 6.07) is 24.9. The molecule has 248 valence electrons. The predicted octanol–water partition coefficient (Wildman–Crippen LogP) is 8.67. The first-order valence-electron chi connectivity index (χ1n) is 16.2. The fraction of sp³-hybridized carbons (Fsp3) is 0.359. The number of para-hydroxylation sites is 1. The summed E-state index contributed by atoms with van der Waals surface area (Å²) in [5.74, 6) is 0.910. The zero-order chi connectivity index (χ0) is 34.5. The normalized spacial score (nSPS) is 11.8. The van der Waals surface area contributed by atoms with E-state index in [1.165, 1.54) is 12.6 Å². The van der Waals surface area contributed by atoms with Crippen molar-refractivity contribution in [2.45, 2.75) is 73.3 Å². The molecular formula is C39H56N6O. The molecule has 0 aliphatic carbocycles. The van der Waals surface area contributed by atoms with Crippen molar-refractivity contribution in [3.63, 3.8) is 0 Å². The maximum atomic E-state index is 11.0. The minimum absolute atomic E-state index is 0.0694. The van der Waals surface area contributed by atoms with Crippen LogP contribution >= 0.6 is 0 Å². The first-order valence-corrected chi connectivity index (χ1v) is 16.2. The fourth-order valence-electron chi connectivity index (χ4n) is 4.91. The van der Waals surface area contributed by atoms with Crippen LogP contribution in [0.25, 0.3) is 11.1 Å². The average molecular weight is 625 g/mol. The van der Waals surface area contributed by atoms with Crippen molar-refractivity contribution < 1.29 is 4.79 Å². The van der Waals surface area contributed by atoms with Gasteiger partial charge in [0.05, 0.1) is 11.7 Å². The molecule has 3 aromatic rings. The van der Waals surface area contributed by atoms with Crippen LogP contribution in [0.2, 0.25) is 0 Å². The molecule has 0 heterocycles. The molecule has 46 heavy (non-hydrogen) atoms. The lowest BCUT2D eigenvalue weighted by Gasteiger charge is -2.28. The Labute approximate surface area is 278 Å². The van der Waals surface area contributed by atoms with Crippen LogP contribution in [-0.4, -0.2) is 44.6 Å². The Morgan fingerprint density at radius 1 is 1.02 bits per heavy atom. The van der Waals surface area contributed by atoms with E-state index in [0.717, 1.165) is 77.1 Å². The van der Waals surface area contributed by atoms with E-state index in [-0.39, 0.29) is 6.04 Å². The van der Waals surface area contributed by atoms with Gasteiger partial charge in [-0.25, -0.2) is 10.0 Å². The quantitative estimate of drug-likeness (QED) is 0.0442. The maximum absolute atomic E-state index is 11.0. The van der Waals surface area contributed by atoms with Gasteiger partial charge in [-0.2, -0.15) is 5.10 Å². The number of amidine groups is 1. The van der Waals surface area contributed by atoms with Gasteiger partial charge in [0.15, 0.2) is 0 Å². The van der Waals surface area contributed by atoms with Crippen molar-refractivity contribution in [2.24, 2.45) is 15.8 Å². The minimum Gasteiger partial charge on any atom is -0.352 e. The molecule has 0 saturated carbocycles. The summed E-state index contributed by atoms with van der Waals surface area (Å²) in [6.45, 7) is 20.8. The second kappa shape index (κ2) is 22.1. The van der Waals surface area contributed by atoms with Crippen molar-refractivity contribution in [3.8, 4) is 11.1 Å². The molecule has 0 bridgehead atoms. The second-order valence-electron chi connectivity index (χ2n) is 10.6. The Balaban J connectivity index is 0.00000254. The number of nitrogens with zero attached hydrogens (tertiary/aromatic N) is 4. The summed E-state index contributed by atoms with van der Waals surface area (Å²) < 4.78 is 0. The summed E-state index contributed by atoms with van der Waals surface area (Å²) >= 11 is 0. The number of aryl methyl sites for hydroxylation is 1. The van der Waals surface area contributed by atoms with Crippen molar-refractivity contribution in [1.29, 1.82) is 0 Å². The molecule has 7 heteroatoms. The molecule has 3 N–H and O–H groups in total. The Hall–Kier alpha value is -4.49. The van der Waals surface area contributed by atoms with Gasteiger partial charge >= 0.3 is 0 Å². The lowest BCUT2D eigenvalue weighted by Crippen LogP contribution is -2.35. The van der Waals surface area contributed by atoms with Gasteiger partial charge in [-0.3, -0.25) is 4.79 Å². The summed E-state index contributed by atoms with van der Waals surface area (Å²) in [7, 11) is 3.53. The van der Waals surface area contributed by atoms with Crippen molar-refractivity contribution in [2.75, 3.05) is 25.8 Å². The number of allylic oxidation sites excluding steroid dienone is 3. The molecule has 3 rings (SSSR count). The van der Waals surface area contributed by atoms with E-state index in [1.807, 2.05) is 70.1 Å². The highest BCUT2D eigenvalue weighted by molar-refractivity contribution is 5.81. The zero-order valence-corrected chi connectivity index (χ0v) is 29.4.